The Morgan fingerprint density at radius 3 is 2.32 bits per heavy atom. The first kappa shape index (κ1) is 15.7. The molecule has 0 atom stereocenters. The van der Waals surface area contributed by atoms with E-state index in [0.29, 0.717) is 6.42 Å². The number of hydrogen-bond acceptors (Lipinski definition) is 6. The van der Waals surface area contributed by atoms with Gasteiger partial charge < -0.3 is 14.2 Å². The van der Waals surface area contributed by atoms with Gasteiger partial charge in [-0.25, -0.2) is 9.59 Å². The molecular weight excluding hydrogens is 268 g/mol. The second kappa shape index (κ2) is 8.66. The predicted octanol–water partition coefficient (Wildman–Crippen LogP) is 1.80. The van der Waals surface area contributed by atoms with E-state index in [2.05, 4.69) is 0 Å². The van der Waals surface area contributed by atoms with Crippen LogP contribution in [0.4, 0.5) is 0 Å². The van der Waals surface area contributed by atoms with Gasteiger partial charge in [-0.3, -0.25) is 0 Å². The van der Waals surface area contributed by atoms with Crippen LogP contribution in [0.1, 0.15) is 18.7 Å². The summed E-state index contributed by atoms with van der Waals surface area (Å²) in [5.41, 5.74) is 0. The number of carbonyl (C=O) groups excluding carboxylic acids is 2. The molecule has 6 heteroatoms. The molecule has 0 aliphatic carbocycles. The van der Waals surface area contributed by atoms with Gasteiger partial charge in [-0.05, 0) is 25.3 Å². The maximum absolute atomic E-state index is 11.6. The number of ether oxygens (including phenoxy) is 3. The van der Waals surface area contributed by atoms with E-state index in [1.807, 2.05) is 17.5 Å². The molecule has 0 radical (unpaired) electrons. The fourth-order valence-electron chi connectivity index (χ4n) is 1.40. The molecule has 0 saturated heterocycles. The van der Waals surface area contributed by atoms with Crippen molar-refractivity contribution in [3.8, 4) is 0 Å². The molecule has 1 rings (SSSR count). The maximum Gasteiger partial charge on any atom is 0.347 e. The van der Waals surface area contributed by atoms with Crippen LogP contribution in [0.5, 0.6) is 0 Å². The van der Waals surface area contributed by atoms with E-state index in [1.54, 1.807) is 25.2 Å². The number of thiophene rings is 1. The van der Waals surface area contributed by atoms with Crippen LogP contribution in [0.25, 0.3) is 0 Å². The molecule has 0 aromatic carbocycles. The van der Waals surface area contributed by atoms with Crippen LogP contribution in [-0.2, 0) is 30.2 Å². The van der Waals surface area contributed by atoms with Crippen molar-refractivity contribution in [2.75, 3.05) is 19.8 Å². The molecule has 1 heterocycles. The molecule has 0 bridgehead atoms. The highest BCUT2D eigenvalue weighted by Gasteiger charge is 2.30. The first-order chi connectivity index (χ1) is 9.19. The molecule has 1 aromatic rings. The van der Waals surface area contributed by atoms with E-state index < -0.39 is 18.0 Å². The zero-order chi connectivity index (χ0) is 14.1. The van der Waals surface area contributed by atoms with E-state index in [9.17, 15) is 9.59 Å². The van der Waals surface area contributed by atoms with Crippen LogP contribution < -0.4 is 0 Å². The van der Waals surface area contributed by atoms with Crippen LogP contribution in [0.3, 0.4) is 0 Å². The highest BCUT2D eigenvalue weighted by atomic mass is 32.1. The second-order valence-corrected chi connectivity index (χ2v) is 4.62. The summed E-state index contributed by atoms with van der Waals surface area (Å²) >= 11 is 1.60. The third-order valence-electron chi connectivity index (χ3n) is 2.21. The molecule has 0 aliphatic heterocycles. The minimum Gasteiger partial charge on any atom is -0.464 e. The van der Waals surface area contributed by atoms with Crippen LogP contribution in [-0.4, -0.2) is 37.9 Å². The molecule has 0 aliphatic rings. The Kier molecular flexibility index (Phi) is 7.14. The predicted molar refractivity (Wildman–Crippen MR) is 71.0 cm³/mol. The standard InChI is InChI=1S/C13H18O5S/c1-3-16-12(14)11(13(15)17-4-2)18-8-7-10-6-5-9-19-10/h5-6,9,11H,3-4,7-8H2,1-2H3. The third-order valence-corrected chi connectivity index (χ3v) is 3.15. The third kappa shape index (κ3) is 5.40. The van der Waals surface area contributed by atoms with Gasteiger partial charge in [0, 0.05) is 11.3 Å². The lowest BCUT2D eigenvalue weighted by molar-refractivity contribution is -0.172. The fraction of sp³-hybridized carbons (Fsp3) is 0.538. The first-order valence-corrected chi connectivity index (χ1v) is 7.04. The average Bonchev–Trinajstić information content (AvgIpc) is 2.88. The van der Waals surface area contributed by atoms with Gasteiger partial charge in [0.05, 0.1) is 19.8 Å². The Balaban J connectivity index is 2.48. The van der Waals surface area contributed by atoms with Gasteiger partial charge in [-0.1, -0.05) is 6.07 Å². The van der Waals surface area contributed by atoms with Gasteiger partial charge in [0.2, 0.25) is 0 Å². The smallest absolute Gasteiger partial charge is 0.347 e. The zero-order valence-corrected chi connectivity index (χ0v) is 11.9. The van der Waals surface area contributed by atoms with Gasteiger partial charge in [-0.15, -0.1) is 11.3 Å². The lowest BCUT2D eigenvalue weighted by Gasteiger charge is -2.14. The van der Waals surface area contributed by atoms with Crippen LogP contribution in [0.2, 0.25) is 0 Å². The van der Waals surface area contributed by atoms with Crippen molar-refractivity contribution in [2.45, 2.75) is 26.4 Å². The number of rotatable bonds is 8. The molecule has 19 heavy (non-hydrogen) atoms. The Morgan fingerprint density at radius 1 is 1.21 bits per heavy atom. The van der Waals surface area contributed by atoms with Crippen molar-refractivity contribution >= 4 is 23.3 Å². The average molecular weight is 286 g/mol. The molecule has 0 unspecified atom stereocenters. The Morgan fingerprint density at radius 2 is 1.84 bits per heavy atom. The molecule has 0 amide bonds. The molecule has 0 N–H and O–H groups in total. The molecule has 1 aromatic heterocycles. The monoisotopic (exact) mass is 286 g/mol. The largest absolute Gasteiger partial charge is 0.464 e. The van der Waals surface area contributed by atoms with E-state index in [-0.39, 0.29) is 19.8 Å². The van der Waals surface area contributed by atoms with Crippen molar-refractivity contribution in [1.29, 1.82) is 0 Å². The van der Waals surface area contributed by atoms with Crippen molar-refractivity contribution in [2.24, 2.45) is 0 Å². The topological polar surface area (TPSA) is 61.8 Å². The van der Waals surface area contributed by atoms with Crippen LogP contribution >= 0.6 is 11.3 Å². The van der Waals surface area contributed by atoms with E-state index in [4.69, 9.17) is 14.2 Å². The highest BCUT2D eigenvalue weighted by molar-refractivity contribution is 7.09. The Labute approximate surface area is 116 Å². The molecule has 106 valence electrons. The number of hydrogen-bond donors (Lipinski definition) is 0. The summed E-state index contributed by atoms with van der Waals surface area (Å²) < 4.78 is 14.9. The van der Waals surface area contributed by atoms with Gasteiger partial charge >= 0.3 is 11.9 Å². The van der Waals surface area contributed by atoms with Crippen molar-refractivity contribution in [1.82, 2.24) is 0 Å². The lowest BCUT2D eigenvalue weighted by Crippen LogP contribution is -2.36. The Bertz CT molecular complexity index is 370. The highest BCUT2D eigenvalue weighted by Crippen LogP contribution is 2.10. The maximum atomic E-state index is 11.6. The lowest BCUT2D eigenvalue weighted by atomic mass is 10.3. The first-order valence-electron chi connectivity index (χ1n) is 6.16. The fourth-order valence-corrected chi connectivity index (χ4v) is 2.09. The molecule has 5 nitrogen and oxygen atoms in total. The van der Waals surface area contributed by atoms with E-state index in [0.717, 1.165) is 4.88 Å². The summed E-state index contributed by atoms with van der Waals surface area (Å²) in [7, 11) is 0. The van der Waals surface area contributed by atoms with E-state index in [1.165, 1.54) is 0 Å². The Hall–Kier alpha value is -1.40. The van der Waals surface area contributed by atoms with Crippen molar-refractivity contribution in [3.05, 3.63) is 22.4 Å². The molecule has 0 saturated carbocycles. The second-order valence-electron chi connectivity index (χ2n) is 3.58. The van der Waals surface area contributed by atoms with Gasteiger partial charge in [0.25, 0.3) is 6.10 Å². The van der Waals surface area contributed by atoms with Crippen LogP contribution in [0, 0.1) is 0 Å². The number of esters is 2. The SMILES string of the molecule is CCOC(=O)C(OCCc1cccs1)C(=O)OCC. The van der Waals surface area contributed by atoms with Crippen LogP contribution in [0.15, 0.2) is 17.5 Å². The summed E-state index contributed by atoms with van der Waals surface area (Å²) in [5, 5.41) is 1.96. The normalized spacial score (nSPS) is 10.5. The van der Waals surface area contributed by atoms with E-state index >= 15 is 0 Å². The molecule has 0 fully saturated rings. The summed E-state index contributed by atoms with van der Waals surface area (Å²) in [5.74, 6) is -1.40. The summed E-state index contributed by atoms with van der Waals surface area (Å²) in [6.45, 7) is 4.01. The summed E-state index contributed by atoms with van der Waals surface area (Å²) in [6.07, 6.45) is -0.646. The van der Waals surface area contributed by atoms with Gasteiger partial charge in [0.1, 0.15) is 0 Å². The molecule has 0 spiro atoms. The minimum absolute atomic E-state index is 0.197. The van der Waals surface area contributed by atoms with Crippen molar-refractivity contribution < 1.29 is 23.8 Å². The summed E-state index contributed by atoms with van der Waals surface area (Å²) in [6, 6.07) is 3.91. The van der Waals surface area contributed by atoms with Crippen molar-refractivity contribution in [3.63, 3.8) is 0 Å². The van der Waals surface area contributed by atoms with Gasteiger partial charge in [0.15, 0.2) is 0 Å². The quantitative estimate of drug-likeness (QED) is 0.538. The van der Waals surface area contributed by atoms with Gasteiger partial charge in [-0.2, -0.15) is 0 Å². The minimum atomic E-state index is -1.29. The number of carbonyl (C=O) groups is 2. The summed E-state index contributed by atoms with van der Waals surface area (Å²) in [4.78, 5) is 24.3. The molecular formula is C13H18O5S. The zero-order valence-electron chi connectivity index (χ0n) is 11.1.